The van der Waals surface area contributed by atoms with E-state index >= 15 is 0 Å². The van der Waals surface area contributed by atoms with Crippen LogP contribution in [0.25, 0.3) is 5.76 Å². The van der Waals surface area contributed by atoms with Gasteiger partial charge in [-0.1, -0.05) is 48.0 Å². The number of pyridine rings is 1. The van der Waals surface area contributed by atoms with Crippen molar-refractivity contribution >= 4 is 17.4 Å². The van der Waals surface area contributed by atoms with Gasteiger partial charge in [0.2, 0.25) is 0 Å². The van der Waals surface area contributed by atoms with Gasteiger partial charge in [0.1, 0.15) is 11.5 Å². The van der Waals surface area contributed by atoms with Crippen molar-refractivity contribution in [3.05, 3.63) is 101 Å². The van der Waals surface area contributed by atoms with Crippen molar-refractivity contribution in [3.63, 3.8) is 0 Å². The Labute approximate surface area is 193 Å². The molecule has 1 aromatic heterocycles. The third kappa shape index (κ3) is 4.65. The number of nitrogens with zero attached hydrogens (tertiary/aromatic N) is 2. The van der Waals surface area contributed by atoms with E-state index in [1.807, 2.05) is 63.2 Å². The van der Waals surface area contributed by atoms with Crippen molar-refractivity contribution in [2.24, 2.45) is 0 Å². The van der Waals surface area contributed by atoms with Gasteiger partial charge in [-0.3, -0.25) is 14.6 Å². The smallest absolute Gasteiger partial charge is 0.295 e. The molecular weight excluding hydrogens is 416 g/mol. The van der Waals surface area contributed by atoms with Crippen LogP contribution in [0.3, 0.4) is 0 Å². The number of ether oxygens (including phenoxy) is 1. The van der Waals surface area contributed by atoms with Crippen LogP contribution in [0.5, 0.6) is 5.75 Å². The van der Waals surface area contributed by atoms with Gasteiger partial charge in [0.25, 0.3) is 11.7 Å². The Hall–Kier alpha value is -3.93. The molecule has 6 heteroatoms. The standard InChI is InChI=1S/C27H26N2O4/c1-17(2)33-22-12-10-20(11-13-22)24-23(25(30)21-8-6-18(3)7-9-21)26(31)27(32)29(24)16-19-5-4-14-28-15-19/h4-15,17,24,30H,16H2,1-3H3/b25-23-. The van der Waals surface area contributed by atoms with Gasteiger partial charge < -0.3 is 14.7 Å². The van der Waals surface area contributed by atoms with Crippen molar-refractivity contribution in [3.8, 4) is 5.75 Å². The minimum absolute atomic E-state index is 0.0219. The SMILES string of the molecule is Cc1ccc(/C(O)=C2/C(=O)C(=O)N(Cc3cccnc3)C2c2ccc(OC(C)C)cc2)cc1. The maximum absolute atomic E-state index is 13.1. The molecule has 168 valence electrons. The largest absolute Gasteiger partial charge is 0.507 e. The van der Waals surface area contributed by atoms with Crippen LogP contribution in [0.15, 0.2) is 78.6 Å². The Morgan fingerprint density at radius 2 is 1.76 bits per heavy atom. The number of aryl methyl sites for hydroxylation is 1. The summed E-state index contributed by atoms with van der Waals surface area (Å²) in [6.07, 6.45) is 3.34. The molecule has 1 aliphatic rings. The molecule has 1 unspecified atom stereocenters. The molecular formula is C27H26N2O4. The number of rotatable bonds is 6. The fraction of sp³-hybridized carbons (Fsp3) is 0.222. The number of aliphatic hydroxyl groups is 1. The number of benzene rings is 2. The van der Waals surface area contributed by atoms with Crippen molar-refractivity contribution in [1.29, 1.82) is 0 Å². The number of hydrogen-bond donors (Lipinski definition) is 1. The Kier molecular flexibility index (Phi) is 6.27. The fourth-order valence-electron chi connectivity index (χ4n) is 3.95. The first-order chi connectivity index (χ1) is 15.8. The summed E-state index contributed by atoms with van der Waals surface area (Å²) < 4.78 is 5.73. The van der Waals surface area contributed by atoms with Crippen LogP contribution < -0.4 is 4.74 Å². The van der Waals surface area contributed by atoms with E-state index in [9.17, 15) is 14.7 Å². The van der Waals surface area contributed by atoms with E-state index in [1.54, 1.807) is 30.6 Å². The zero-order valence-electron chi connectivity index (χ0n) is 18.9. The summed E-state index contributed by atoms with van der Waals surface area (Å²) in [4.78, 5) is 31.8. The van der Waals surface area contributed by atoms with Crippen LogP contribution in [0.4, 0.5) is 0 Å². The van der Waals surface area contributed by atoms with Crippen molar-refractivity contribution in [2.75, 3.05) is 0 Å². The lowest BCUT2D eigenvalue weighted by Gasteiger charge is -2.25. The van der Waals surface area contributed by atoms with Crippen LogP contribution >= 0.6 is 0 Å². The van der Waals surface area contributed by atoms with Gasteiger partial charge in [0.15, 0.2) is 0 Å². The third-order valence-electron chi connectivity index (χ3n) is 5.51. The van der Waals surface area contributed by atoms with Crippen LogP contribution in [0.1, 0.15) is 42.1 Å². The zero-order chi connectivity index (χ0) is 23.5. The summed E-state index contributed by atoms with van der Waals surface area (Å²) in [6, 6.07) is 17.4. The molecule has 1 fully saturated rings. The third-order valence-corrected chi connectivity index (χ3v) is 5.51. The highest BCUT2D eigenvalue weighted by atomic mass is 16.5. The lowest BCUT2D eigenvalue weighted by Crippen LogP contribution is -2.29. The molecule has 0 saturated carbocycles. The number of aliphatic hydroxyl groups excluding tert-OH is 1. The molecule has 6 nitrogen and oxygen atoms in total. The molecule has 3 aromatic rings. The summed E-state index contributed by atoms with van der Waals surface area (Å²) in [5.41, 5.74) is 3.10. The van der Waals surface area contributed by atoms with Crippen molar-refractivity contribution in [1.82, 2.24) is 9.88 Å². The second-order valence-corrected chi connectivity index (χ2v) is 8.39. The number of amides is 1. The minimum Gasteiger partial charge on any atom is -0.507 e. The van der Waals surface area contributed by atoms with Gasteiger partial charge >= 0.3 is 0 Å². The lowest BCUT2D eigenvalue weighted by atomic mass is 9.95. The summed E-state index contributed by atoms with van der Waals surface area (Å²) in [6.45, 7) is 6.02. The van der Waals surface area contributed by atoms with Gasteiger partial charge in [-0.2, -0.15) is 0 Å². The zero-order valence-corrected chi connectivity index (χ0v) is 18.9. The second-order valence-electron chi connectivity index (χ2n) is 8.39. The summed E-state index contributed by atoms with van der Waals surface area (Å²) in [5, 5.41) is 11.1. The molecule has 0 radical (unpaired) electrons. The van der Waals surface area contributed by atoms with Crippen LogP contribution in [0.2, 0.25) is 0 Å². The van der Waals surface area contributed by atoms with E-state index in [0.29, 0.717) is 16.9 Å². The molecule has 0 aliphatic carbocycles. The Bertz CT molecular complexity index is 1180. The predicted octanol–water partition coefficient (Wildman–Crippen LogP) is 4.80. The van der Waals surface area contributed by atoms with Crippen LogP contribution in [-0.2, 0) is 16.1 Å². The van der Waals surface area contributed by atoms with Crippen molar-refractivity contribution in [2.45, 2.75) is 39.5 Å². The number of carbonyl (C=O) groups is 2. The van der Waals surface area contributed by atoms with E-state index in [0.717, 1.165) is 11.1 Å². The van der Waals surface area contributed by atoms with Gasteiger partial charge in [-0.05, 0) is 50.1 Å². The first kappa shape index (κ1) is 22.3. The molecule has 2 aromatic carbocycles. The molecule has 1 atom stereocenters. The summed E-state index contributed by atoms with van der Waals surface area (Å²) in [7, 11) is 0. The quantitative estimate of drug-likeness (QED) is 0.337. The normalized spacial score (nSPS) is 17.6. The Morgan fingerprint density at radius 1 is 1.06 bits per heavy atom. The van der Waals surface area contributed by atoms with E-state index in [4.69, 9.17) is 4.74 Å². The summed E-state index contributed by atoms with van der Waals surface area (Å²) >= 11 is 0. The summed E-state index contributed by atoms with van der Waals surface area (Å²) in [5.74, 6) is -0.851. The molecule has 1 saturated heterocycles. The van der Waals surface area contributed by atoms with E-state index in [2.05, 4.69) is 4.98 Å². The highest BCUT2D eigenvalue weighted by Crippen LogP contribution is 2.40. The van der Waals surface area contributed by atoms with E-state index in [-0.39, 0.29) is 24.0 Å². The minimum atomic E-state index is -0.736. The molecule has 1 N–H and O–H groups in total. The monoisotopic (exact) mass is 442 g/mol. The van der Waals surface area contributed by atoms with Gasteiger partial charge in [0.05, 0.1) is 17.7 Å². The first-order valence-electron chi connectivity index (χ1n) is 10.9. The molecule has 4 rings (SSSR count). The number of Topliss-reactive ketones (excluding diaryl/α,β-unsaturated/α-hetero) is 1. The van der Waals surface area contributed by atoms with E-state index in [1.165, 1.54) is 4.90 Å². The molecule has 1 amide bonds. The number of ketones is 1. The average molecular weight is 443 g/mol. The van der Waals surface area contributed by atoms with Crippen LogP contribution in [-0.4, -0.2) is 32.8 Å². The Morgan fingerprint density at radius 3 is 2.36 bits per heavy atom. The molecule has 1 aliphatic heterocycles. The predicted molar refractivity (Wildman–Crippen MR) is 125 cm³/mol. The maximum Gasteiger partial charge on any atom is 0.295 e. The average Bonchev–Trinajstić information content (AvgIpc) is 3.05. The van der Waals surface area contributed by atoms with Gasteiger partial charge in [-0.25, -0.2) is 0 Å². The van der Waals surface area contributed by atoms with E-state index < -0.39 is 17.7 Å². The number of aromatic nitrogens is 1. The van der Waals surface area contributed by atoms with Gasteiger partial charge in [0, 0.05) is 24.5 Å². The van der Waals surface area contributed by atoms with Crippen molar-refractivity contribution < 1.29 is 19.4 Å². The number of carbonyl (C=O) groups excluding carboxylic acids is 2. The topological polar surface area (TPSA) is 79.7 Å². The molecule has 2 heterocycles. The van der Waals surface area contributed by atoms with Gasteiger partial charge in [-0.15, -0.1) is 0 Å². The first-order valence-corrected chi connectivity index (χ1v) is 10.9. The molecule has 0 spiro atoms. The maximum atomic E-state index is 13.1. The molecule has 0 bridgehead atoms. The number of likely N-dealkylation sites (tertiary alicyclic amines) is 1. The second kappa shape index (κ2) is 9.28. The van der Waals surface area contributed by atoms with Crippen LogP contribution in [0, 0.1) is 6.92 Å². The lowest BCUT2D eigenvalue weighted by molar-refractivity contribution is -0.140. The molecule has 33 heavy (non-hydrogen) atoms. The highest BCUT2D eigenvalue weighted by molar-refractivity contribution is 6.46. The highest BCUT2D eigenvalue weighted by Gasteiger charge is 2.46. The number of hydrogen-bond acceptors (Lipinski definition) is 5. The fourth-order valence-corrected chi connectivity index (χ4v) is 3.95. The Balaban J connectivity index is 1.81.